The van der Waals surface area contributed by atoms with E-state index in [-0.39, 0.29) is 18.6 Å². The van der Waals surface area contributed by atoms with E-state index in [1.807, 2.05) is 11.4 Å². The number of methoxy groups -OCH3 is 1. The van der Waals surface area contributed by atoms with Crippen LogP contribution in [0.2, 0.25) is 0 Å². The molecule has 1 aromatic heterocycles. The summed E-state index contributed by atoms with van der Waals surface area (Å²) >= 11 is 1.42. The van der Waals surface area contributed by atoms with Crippen LogP contribution < -0.4 is 0 Å². The first kappa shape index (κ1) is 14.5. The smallest absolute Gasteiger partial charge is 0.348 e. The van der Waals surface area contributed by atoms with Gasteiger partial charge in [-0.3, -0.25) is 4.90 Å². The third-order valence-corrected chi connectivity index (χ3v) is 4.81. The fourth-order valence-corrected chi connectivity index (χ4v) is 3.58. The SMILES string of the molecule is COC(=O)c1sccc1CN1[C@@H](CO)CCC[C@@H]1C. The Hall–Kier alpha value is -0.910. The number of likely N-dealkylation sites (tertiary alicyclic amines) is 1. The average Bonchev–Trinajstić information content (AvgIpc) is 2.88. The van der Waals surface area contributed by atoms with Gasteiger partial charge in [0.1, 0.15) is 4.88 Å². The molecule has 106 valence electrons. The molecular weight excluding hydrogens is 262 g/mol. The molecule has 0 aromatic carbocycles. The normalized spacial score (nSPS) is 24.4. The molecule has 1 fully saturated rings. The molecular formula is C14H21NO3S. The number of esters is 1. The van der Waals surface area contributed by atoms with E-state index < -0.39 is 0 Å². The van der Waals surface area contributed by atoms with Crippen LogP contribution in [0.4, 0.5) is 0 Å². The maximum Gasteiger partial charge on any atom is 0.348 e. The van der Waals surface area contributed by atoms with Gasteiger partial charge >= 0.3 is 5.97 Å². The third-order valence-electron chi connectivity index (χ3n) is 3.88. The van der Waals surface area contributed by atoms with E-state index in [4.69, 9.17) is 4.74 Å². The molecule has 2 heterocycles. The quantitative estimate of drug-likeness (QED) is 0.861. The summed E-state index contributed by atoms with van der Waals surface area (Å²) in [5.41, 5.74) is 1.00. The van der Waals surface area contributed by atoms with E-state index >= 15 is 0 Å². The van der Waals surface area contributed by atoms with Gasteiger partial charge in [-0.25, -0.2) is 4.79 Å². The van der Waals surface area contributed by atoms with Crippen molar-refractivity contribution in [3.63, 3.8) is 0 Å². The van der Waals surface area contributed by atoms with Crippen molar-refractivity contribution >= 4 is 17.3 Å². The Morgan fingerprint density at radius 3 is 3.05 bits per heavy atom. The van der Waals surface area contributed by atoms with Crippen LogP contribution in [0, 0.1) is 0 Å². The van der Waals surface area contributed by atoms with Gasteiger partial charge in [0.25, 0.3) is 0 Å². The Morgan fingerprint density at radius 2 is 2.37 bits per heavy atom. The molecule has 4 nitrogen and oxygen atoms in total. The maximum atomic E-state index is 11.7. The van der Waals surface area contributed by atoms with Crippen LogP contribution >= 0.6 is 11.3 Å². The van der Waals surface area contributed by atoms with Gasteiger partial charge in [0.2, 0.25) is 0 Å². The first-order chi connectivity index (χ1) is 9.17. The molecule has 1 N–H and O–H groups in total. The molecule has 0 spiro atoms. The topological polar surface area (TPSA) is 49.8 Å². The maximum absolute atomic E-state index is 11.7. The second-order valence-electron chi connectivity index (χ2n) is 5.06. The second kappa shape index (κ2) is 6.50. The highest BCUT2D eigenvalue weighted by atomic mass is 32.1. The minimum absolute atomic E-state index is 0.183. The lowest BCUT2D eigenvalue weighted by molar-refractivity contribution is 0.0442. The Bertz CT molecular complexity index is 432. The summed E-state index contributed by atoms with van der Waals surface area (Å²) in [6, 6.07) is 2.62. The number of rotatable bonds is 4. The predicted octanol–water partition coefficient (Wildman–Crippen LogP) is 2.27. The standard InChI is InChI=1S/C14H21NO3S/c1-10-4-3-5-12(9-16)15(10)8-11-6-7-19-13(11)14(17)18-2/h6-7,10,12,16H,3-5,8-9H2,1-2H3/t10-,12+/m0/s1. The summed E-state index contributed by atoms with van der Waals surface area (Å²) in [7, 11) is 1.41. The van der Waals surface area contributed by atoms with E-state index in [9.17, 15) is 9.90 Å². The van der Waals surface area contributed by atoms with Crippen molar-refractivity contribution in [3.8, 4) is 0 Å². The number of hydrogen-bond acceptors (Lipinski definition) is 5. The van der Waals surface area contributed by atoms with E-state index in [0.717, 1.165) is 24.8 Å². The van der Waals surface area contributed by atoms with Gasteiger partial charge in [0, 0.05) is 18.6 Å². The third kappa shape index (κ3) is 3.16. The Labute approximate surface area is 118 Å². The minimum atomic E-state index is -0.268. The molecule has 0 radical (unpaired) electrons. The van der Waals surface area contributed by atoms with Gasteiger partial charge in [-0.2, -0.15) is 0 Å². The molecule has 1 saturated heterocycles. The number of aliphatic hydroxyl groups is 1. The molecule has 19 heavy (non-hydrogen) atoms. The van der Waals surface area contributed by atoms with Crippen molar-refractivity contribution in [2.75, 3.05) is 13.7 Å². The lowest BCUT2D eigenvalue weighted by atomic mass is 9.96. The monoisotopic (exact) mass is 283 g/mol. The molecule has 0 amide bonds. The number of carbonyl (C=O) groups excluding carboxylic acids is 1. The van der Waals surface area contributed by atoms with Crippen molar-refractivity contribution in [2.45, 2.75) is 44.8 Å². The van der Waals surface area contributed by atoms with Crippen LogP contribution in [0.15, 0.2) is 11.4 Å². The number of nitrogens with zero attached hydrogens (tertiary/aromatic N) is 1. The average molecular weight is 283 g/mol. The minimum Gasteiger partial charge on any atom is -0.465 e. The fourth-order valence-electron chi connectivity index (χ4n) is 2.75. The van der Waals surface area contributed by atoms with Gasteiger partial charge in [0.05, 0.1) is 13.7 Å². The number of hydrogen-bond donors (Lipinski definition) is 1. The predicted molar refractivity (Wildman–Crippen MR) is 75.4 cm³/mol. The van der Waals surface area contributed by atoms with Crippen LogP contribution in [-0.4, -0.2) is 41.8 Å². The molecule has 1 aliphatic rings. The highest BCUT2D eigenvalue weighted by Crippen LogP contribution is 2.27. The van der Waals surface area contributed by atoms with E-state index in [0.29, 0.717) is 17.5 Å². The van der Waals surface area contributed by atoms with Crippen LogP contribution in [0.1, 0.15) is 41.4 Å². The Balaban J connectivity index is 2.15. The van der Waals surface area contributed by atoms with E-state index in [2.05, 4.69) is 11.8 Å². The molecule has 2 atom stereocenters. The van der Waals surface area contributed by atoms with E-state index in [1.54, 1.807) is 0 Å². The summed E-state index contributed by atoms with van der Waals surface area (Å²) in [4.78, 5) is 14.7. The van der Waals surface area contributed by atoms with Crippen molar-refractivity contribution in [3.05, 3.63) is 21.9 Å². The lowest BCUT2D eigenvalue weighted by Gasteiger charge is -2.39. The molecule has 0 unspecified atom stereocenters. The zero-order chi connectivity index (χ0) is 13.8. The van der Waals surface area contributed by atoms with Gasteiger partial charge < -0.3 is 9.84 Å². The molecule has 0 aliphatic carbocycles. The van der Waals surface area contributed by atoms with Crippen molar-refractivity contribution in [1.82, 2.24) is 4.90 Å². The van der Waals surface area contributed by atoms with Gasteiger partial charge in [-0.15, -0.1) is 11.3 Å². The van der Waals surface area contributed by atoms with Crippen LogP contribution in [0.3, 0.4) is 0 Å². The Kier molecular flexibility index (Phi) is 4.96. The first-order valence-corrected chi connectivity index (χ1v) is 7.56. The number of piperidine rings is 1. The second-order valence-corrected chi connectivity index (χ2v) is 5.97. The zero-order valence-electron chi connectivity index (χ0n) is 11.5. The van der Waals surface area contributed by atoms with E-state index in [1.165, 1.54) is 18.4 Å². The van der Waals surface area contributed by atoms with Crippen molar-refractivity contribution in [1.29, 1.82) is 0 Å². The van der Waals surface area contributed by atoms with Crippen molar-refractivity contribution < 1.29 is 14.6 Å². The number of thiophene rings is 1. The fraction of sp³-hybridized carbons (Fsp3) is 0.643. The number of aliphatic hydroxyl groups excluding tert-OH is 1. The highest BCUT2D eigenvalue weighted by molar-refractivity contribution is 7.12. The Morgan fingerprint density at radius 1 is 1.58 bits per heavy atom. The van der Waals surface area contributed by atoms with Crippen LogP contribution in [0.25, 0.3) is 0 Å². The highest BCUT2D eigenvalue weighted by Gasteiger charge is 2.28. The summed E-state index contributed by atoms with van der Waals surface area (Å²) in [5.74, 6) is -0.268. The zero-order valence-corrected chi connectivity index (χ0v) is 12.3. The molecule has 1 aliphatic heterocycles. The summed E-state index contributed by atoms with van der Waals surface area (Å²) in [6.45, 7) is 3.08. The summed E-state index contributed by atoms with van der Waals surface area (Å²) in [6.07, 6.45) is 3.34. The van der Waals surface area contributed by atoms with Gasteiger partial charge in [0.15, 0.2) is 0 Å². The van der Waals surface area contributed by atoms with Crippen molar-refractivity contribution in [2.24, 2.45) is 0 Å². The molecule has 0 saturated carbocycles. The van der Waals surface area contributed by atoms with Crippen LogP contribution in [0.5, 0.6) is 0 Å². The molecule has 5 heteroatoms. The number of carbonyl (C=O) groups is 1. The summed E-state index contributed by atoms with van der Waals surface area (Å²) < 4.78 is 4.81. The largest absolute Gasteiger partial charge is 0.465 e. The lowest BCUT2D eigenvalue weighted by Crippen LogP contribution is -2.46. The molecule has 0 bridgehead atoms. The van der Waals surface area contributed by atoms with Gasteiger partial charge in [-0.1, -0.05) is 6.42 Å². The van der Waals surface area contributed by atoms with Gasteiger partial charge in [-0.05, 0) is 36.8 Å². The van der Waals surface area contributed by atoms with Crippen LogP contribution in [-0.2, 0) is 11.3 Å². The number of ether oxygens (including phenoxy) is 1. The molecule has 1 aromatic rings. The summed E-state index contributed by atoms with van der Waals surface area (Å²) in [5, 5.41) is 11.4. The first-order valence-electron chi connectivity index (χ1n) is 6.68. The molecule has 2 rings (SSSR count).